The van der Waals surface area contributed by atoms with Crippen LogP contribution in [0.5, 0.6) is 0 Å². The second-order valence-electron chi connectivity index (χ2n) is 4.29. The molecule has 0 bridgehead atoms. The summed E-state index contributed by atoms with van der Waals surface area (Å²) in [5, 5.41) is 9.57. The molecule has 0 radical (unpaired) electrons. The lowest BCUT2D eigenvalue weighted by molar-refractivity contribution is 0.927. The Bertz CT molecular complexity index is 806. The van der Waals surface area contributed by atoms with Crippen molar-refractivity contribution in [3.63, 3.8) is 0 Å². The Hall–Kier alpha value is -1.86. The zero-order valence-corrected chi connectivity index (χ0v) is 12.3. The van der Waals surface area contributed by atoms with Crippen molar-refractivity contribution in [2.45, 2.75) is 13.3 Å². The molecule has 0 aliphatic carbocycles. The van der Waals surface area contributed by atoms with Crippen LogP contribution in [0.2, 0.25) is 4.34 Å². The van der Waals surface area contributed by atoms with E-state index < -0.39 is 0 Å². The number of aromatic amines is 1. The van der Waals surface area contributed by atoms with E-state index in [2.05, 4.69) is 20.5 Å². The first-order valence-electron chi connectivity index (χ1n) is 6.06. The van der Waals surface area contributed by atoms with Gasteiger partial charge in [0, 0.05) is 17.5 Å². The SMILES string of the molecule is Cc1nc(NCCc2ccc(Cl)s2)cc2n[nH]c(=O)n12. The molecule has 6 nitrogen and oxygen atoms in total. The highest BCUT2D eigenvalue weighted by Crippen LogP contribution is 2.21. The molecule has 8 heteroatoms. The number of aryl methyl sites for hydroxylation is 1. The monoisotopic (exact) mass is 309 g/mol. The minimum absolute atomic E-state index is 0.273. The fourth-order valence-electron chi connectivity index (χ4n) is 1.99. The van der Waals surface area contributed by atoms with E-state index in [1.807, 2.05) is 12.1 Å². The fourth-order valence-corrected chi connectivity index (χ4v) is 3.08. The zero-order valence-electron chi connectivity index (χ0n) is 10.7. The van der Waals surface area contributed by atoms with Crippen LogP contribution in [-0.2, 0) is 6.42 Å². The van der Waals surface area contributed by atoms with Crippen LogP contribution in [-0.4, -0.2) is 26.1 Å². The third-order valence-corrected chi connectivity index (χ3v) is 4.17. The van der Waals surface area contributed by atoms with E-state index >= 15 is 0 Å². The molecule has 2 N–H and O–H groups in total. The summed E-state index contributed by atoms with van der Waals surface area (Å²) in [5.74, 6) is 1.31. The number of rotatable bonds is 4. The van der Waals surface area contributed by atoms with Crippen LogP contribution in [0.1, 0.15) is 10.7 Å². The summed E-state index contributed by atoms with van der Waals surface area (Å²) in [6.45, 7) is 2.52. The Morgan fingerprint density at radius 1 is 1.50 bits per heavy atom. The normalized spacial score (nSPS) is 11.1. The molecule has 0 amide bonds. The summed E-state index contributed by atoms with van der Waals surface area (Å²) in [7, 11) is 0. The van der Waals surface area contributed by atoms with Crippen molar-refractivity contribution >= 4 is 34.4 Å². The first-order chi connectivity index (χ1) is 9.63. The van der Waals surface area contributed by atoms with Crippen molar-refractivity contribution in [2.75, 3.05) is 11.9 Å². The third kappa shape index (κ3) is 2.54. The zero-order chi connectivity index (χ0) is 14.1. The predicted molar refractivity (Wildman–Crippen MR) is 79.9 cm³/mol. The standard InChI is InChI=1S/C12H12ClN5OS/c1-7-15-10(6-11-16-17-12(19)18(7)11)14-5-4-8-2-3-9(13)20-8/h2-3,6,14H,4-5H2,1H3,(H,17,19). The van der Waals surface area contributed by atoms with E-state index in [1.54, 1.807) is 24.3 Å². The van der Waals surface area contributed by atoms with Crippen molar-refractivity contribution < 1.29 is 0 Å². The van der Waals surface area contributed by atoms with Gasteiger partial charge in [0.2, 0.25) is 0 Å². The first-order valence-corrected chi connectivity index (χ1v) is 7.26. The van der Waals surface area contributed by atoms with Gasteiger partial charge in [0.25, 0.3) is 0 Å². The van der Waals surface area contributed by atoms with Crippen LogP contribution >= 0.6 is 22.9 Å². The Labute approximate surface area is 123 Å². The number of nitrogens with zero attached hydrogens (tertiary/aromatic N) is 3. The molecule has 0 atom stereocenters. The van der Waals surface area contributed by atoms with Crippen molar-refractivity contribution in [1.82, 2.24) is 19.6 Å². The molecule has 0 aliphatic heterocycles. The van der Waals surface area contributed by atoms with Gasteiger partial charge in [-0.1, -0.05) is 11.6 Å². The van der Waals surface area contributed by atoms with E-state index in [4.69, 9.17) is 11.6 Å². The molecule has 0 unspecified atom stereocenters. The molecule has 0 fully saturated rings. The molecule has 0 saturated carbocycles. The average Bonchev–Trinajstić information content (AvgIpc) is 2.97. The van der Waals surface area contributed by atoms with Crippen LogP contribution in [0, 0.1) is 6.92 Å². The van der Waals surface area contributed by atoms with Gasteiger partial charge in [0.15, 0.2) is 5.65 Å². The lowest BCUT2D eigenvalue weighted by atomic mass is 10.3. The number of halogens is 1. The van der Waals surface area contributed by atoms with Crippen molar-refractivity contribution in [1.29, 1.82) is 0 Å². The maximum Gasteiger partial charge on any atom is 0.349 e. The number of aromatic nitrogens is 4. The van der Waals surface area contributed by atoms with Gasteiger partial charge in [0.05, 0.1) is 4.34 Å². The summed E-state index contributed by atoms with van der Waals surface area (Å²) >= 11 is 7.46. The lowest BCUT2D eigenvalue weighted by Gasteiger charge is -2.06. The highest BCUT2D eigenvalue weighted by Gasteiger charge is 2.06. The highest BCUT2D eigenvalue weighted by molar-refractivity contribution is 7.16. The predicted octanol–water partition coefficient (Wildman–Crippen LogP) is 2.10. The third-order valence-electron chi connectivity index (χ3n) is 2.88. The van der Waals surface area contributed by atoms with E-state index in [0.717, 1.165) is 17.3 Å². The lowest BCUT2D eigenvalue weighted by Crippen LogP contribution is -2.14. The number of thiophene rings is 1. The Kier molecular flexibility index (Phi) is 3.45. The molecule has 3 aromatic rings. The van der Waals surface area contributed by atoms with E-state index in [0.29, 0.717) is 17.3 Å². The molecule has 3 rings (SSSR count). The van der Waals surface area contributed by atoms with E-state index in [1.165, 1.54) is 9.28 Å². The number of nitrogens with one attached hydrogen (secondary N) is 2. The summed E-state index contributed by atoms with van der Waals surface area (Å²) < 4.78 is 2.23. The van der Waals surface area contributed by atoms with Crippen LogP contribution in [0.15, 0.2) is 23.0 Å². The molecule has 0 aromatic carbocycles. The van der Waals surface area contributed by atoms with Crippen LogP contribution in [0.4, 0.5) is 5.82 Å². The second-order valence-corrected chi connectivity index (χ2v) is 6.09. The van der Waals surface area contributed by atoms with Gasteiger partial charge in [-0.3, -0.25) is 0 Å². The van der Waals surface area contributed by atoms with Crippen LogP contribution in [0.3, 0.4) is 0 Å². The first kappa shape index (κ1) is 13.1. The average molecular weight is 310 g/mol. The number of anilines is 1. The molecule has 0 aliphatic rings. The molecule has 20 heavy (non-hydrogen) atoms. The summed E-state index contributed by atoms with van der Waals surface area (Å²) in [4.78, 5) is 17.0. The van der Waals surface area contributed by atoms with Gasteiger partial charge < -0.3 is 5.32 Å². The smallest absolute Gasteiger partial charge is 0.349 e. The molecule has 104 valence electrons. The summed E-state index contributed by atoms with van der Waals surface area (Å²) in [6, 6.07) is 5.66. The second kappa shape index (κ2) is 5.26. The number of H-pyrrole nitrogens is 1. The van der Waals surface area contributed by atoms with Crippen molar-refractivity contribution in [3.05, 3.63) is 43.7 Å². The summed E-state index contributed by atoms with van der Waals surface area (Å²) in [5.41, 5.74) is 0.286. The maximum atomic E-state index is 11.5. The largest absolute Gasteiger partial charge is 0.370 e. The Morgan fingerprint density at radius 3 is 3.10 bits per heavy atom. The number of hydrogen-bond acceptors (Lipinski definition) is 5. The molecule has 3 aromatic heterocycles. The van der Waals surface area contributed by atoms with Crippen molar-refractivity contribution in [2.24, 2.45) is 0 Å². The topological polar surface area (TPSA) is 75.1 Å². The van der Waals surface area contributed by atoms with Gasteiger partial charge in [-0.05, 0) is 25.5 Å². The Balaban J connectivity index is 1.73. The molecular weight excluding hydrogens is 298 g/mol. The maximum absolute atomic E-state index is 11.5. The van der Waals surface area contributed by atoms with Gasteiger partial charge in [-0.25, -0.2) is 19.3 Å². The van der Waals surface area contributed by atoms with Crippen molar-refractivity contribution in [3.8, 4) is 0 Å². The molecule has 0 saturated heterocycles. The van der Waals surface area contributed by atoms with Gasteiger partial charge in [-0.2, -0.15) is 5.10 Å². The van der Waals surface area contributed by atoms with E-state index in [9.17, 15) is 4.79 Å². The number of fused-ring (bicyclic) bond motifs is 1. The minimum atomic E-state index is -0.273. The highest BCUT2D eigenvalue weighted by atomic mass is 35.5. The molecular formula is C12H12ClN5OS. The van der Waals surface area contributed by atoms with Crippen LogP contribution < -0.4 is 11.0 Å². The van der Waals surface area contributed by atoms with Gasteiger partial charge in [0.1, 0.15) is 11.6 Å². The van der Waals surface area contributed by atoms with Gasteiger partial charge >= 0.3 is 5.69 Å². The number of hydrogen-bond donors (Lipinski definition) is 2. The summed E-state index contributed by atoms with van der Waals surface area (Å²) in [6.07, 6.45) is 0.872. The molecule has 0 spiro atoms. The van der Waals surface area contributed by atoms with Gasteiger partial charge in [-0.15, -0.1) is 11.3 Å². The molecule has 3 heterocycles. The quantitative estimate of drug-likeness (QED) is 0.774. The minimum Gasteiger partial charge on any atom is -0.370 e. The van der Waals surface area contributed by atoms with E-state index in [-0.39, 0.29) is 5.69 Å². The van der Waals surface area contributed by atoms with Crippen LogP contribution in [0.25, 0.3) is 5.65 Å². The fraction of sp³-hybridized carbons (Fsp3) is 0.250. The Morgan fingerprint density at radius 2 is 2.35 bits per heavy atom.